The van der Waals surface area contributed by atoms with Crippen molar-refractivity contribution in [3.8, 4) is 5.75 Å². The number of hydrogen-bond donors (Lipinski definition) is 2. The van der Waals surface area contributed by atoms with Crippen LogP contribution in [0.1, 0.15) is 34.8 Å². The molecular weight excluding hydrogens is 250 g/mol. The van der Waals surface area contributed by atoms with Crippen LogP contribution >= 0.6 is 0 Å². The van der Waals surface area contributed by atoms with Crippen molar-refractivity contribution in [2.24, 2.45) is 5.92 Å². The van der Waals surface area contributed by atoms with Crippen molar-refractivity contribution in [2.45, 2.75) is 18.9 Å². The summed E-state index contributed by atoms with van der Waals surface area (Å²) in [6.07, 6.45) is 2.28. The minimum Gasteiger partial charge on any atom is -0.507 e. The van der Waals surface area contributed by atoms with Crippen LogP contribution in [0.4, 0.5) is 0 Å². The van der Waals surface area contributed by atoms with Gasteiger partial charge in [-0.1, -0.05) is 42.5 Å². The molecular formula is C17H17NO2. The van der Waals surface area contributed by atoms with Crippen molar-refractivity contribution in [1.82, 2.24) is 5.32 Å². The van der Waals surface area contributed by atoms with E-state index >= 15 is 0 Å². The minimum atomic E-state index is -0.219. The van der Waals surface area contributed by atoms with Crippen molar-refractivity contribution >= 4 is 5.91 Å². The summed E-state index contributed by atoms with van der Waals surface area (Å²) in [4.78, 5) is 12.3. The van der Waals surface area contributed by atoms with Crippen LogP contribution in [-0.2, 0) is 0 Å². The molecule has 1 aliphatic rings. The normalized spacial score (nSPS) is 15.6. The molecule has 3 heteroatoms. The summed E-state index contributed by atoms with van der Waals surface area (Å²) in [7, 11) is 0. The van der Waals surface area contributed by atoms with Crippen LogP contribution < -0.4 is 5.32 Å². The first-order chi connectivity index (χ1) is 9.75. The maximum Gasteiger partial charge on any atom is 0.255 e. The zero-order chi connectivity index (χ0) is 13.9. The fraction of sp³-hybridized carbons (Fsp3) is 0.235. The van der Waals surface area contributed by atoms with Crippen LogP contribution in [-0.4, -0.2) is 11.0 Å². The van der Waals surface area contributed by atoms with E-state index in [1.807, 2.05) is 30.3 Å². The van der Waals surface area contributed by atoms with E-state index in [9.17, 15) is 9.90 Å². The molecule has 2 aromatic rings. The van der Waals surface area contributed by atoms with Crippen LogP contribution in [0.5, 0.6) is 5.75 Å². The van der Waals surface area contributed by atoms with Gasteiger partial charge in [-0.25, -0.2) is 0 Å². The van der Waals surface area contributed by atoms with Crippen molar-refractivity contribution in [1.29, 1.82) is 0 Å². The Bertz CT molecular complexity index is 605. The fourth-order valence-corrected chi connectivity index (χ4v) is 2.45. The van der Waals surface area contributed by atoms with Crippen LogP contribution in [0.15, 0.2) is 54.6 Å². The molecule has 0 aromatic heterocycles. The van der Waals surface area contributed by atoms with Gasteiger partial charge in [0.05, 0.1) is 11.6 Å². The lowest BCUT2D eigenvalue weighted by Gasteiger charge is -2.19. The van der Waals surface area contributed by atoms with Gasteiger partial charge in [0.15, 0.2) is 0 Å². The Morgan fingerprint density at radius 3 is 2.35 bits per heavy atom. The number of carbonyl (C=O) groups excluding carboxylic acids is 1. The molecule has 1 atom stereocenters. The second-order valence-corrected chi connectivity index (χ2v) is 5.22. The summed E-state index contributed by atoms with van der Waals surface area (Å²) in [6.45, 7) is 0. The topological polar surface area (TPSA) is 49.3 Å². The first-order valence-electron chi connectivity index (χ1n) is 6.89. The highest BCUT2D eigenvalue weighted by molar-refractivity contribution is 5.97. The van der Waals surface area contributed by atoms with Gasteiger partial charge in [-0.05, 0) is 36.5 Å². The van der Waals surface area contributed by atoms with Crippen molar-refractivity contribution in [2.75, 3.05) is 0 Å². The molecule has 0 aliphatic heterocycles. The second kappa shape index (κ2) is 5.37. The molecule has 102 valence electrons. The van der Waals surface area contributed by atoms with Gasteiger partial charge in [0, 0.05) is 0 Å². The number of phenolic OH excluding ortho intramolecular Hbond substituents is 1. The van der Waals surface area contributed by atoms with Gasteiger partial charge in [-0.2, -0.15) is 0 Å². The number of benzene rings is 2. The van der Waals surface area contributed by atoms with Gasteiger partial charge < -0.3 is 10.4 Å². The first-order valence-corrected chi connectivity index (χ1v) is 6.89. The van der Waals surface area contributed by atoms with E-state index in [2.05, 4.69) is 5.32 Å². The zero-order valence-corrected chi connectivity index (χ0v) is 11.1. The third-order valence-corrected chi connectivity index (χ3v) is 3.69. The van der Waals surface area contributed by atoms with Gasteiger partial charge in [-0.15, -0.1) is 0 Å². The summed E-state index contributed by atoms with van der Waals surface area (Å²) < 4.78 is 0. The third kappa shape index (κ3) is 2.67. The number of rotatable bonds is 4. The summed E-state index contributed by atoms with van der Waals surface area (Å²) in [5, 5.41) is 12.8. The number of hydrogen-bond acceptors (Lipinski definition) is 2. The van der Waals surface area contributed by atoms with Gasteiger partial charge >= 0.3 is 0 Å². The standard InChI is InChI=1S/C17H17NO2/c19-15-9-5-4-8-14(15)17(20)18-16(13-10-11-13)12-6-2-1-3-7-12/h1-9,13,16,19H,10-11H2,(H,18,20). The average Bonchev–Trinajstić information content (AvgIpc) is 3.30. The largest absolute Gasteiger partial charge is 0.507 e. The monoisotopic (exact) mass is 267 g/mol. The Morgan fingerprint density at radius 2 is 1.70 bits per heavy atom. The Balaban J connectivity index is 1.81. The summed E-state index contributed by atoms with van der Waals surface area (Å²) >= 11 is 0. The van der Waals surface area contributed by atoms with E-state index in [0.717, 1.165) is 18.4 Å². The Hall–Kier alpha value is -2.29. The molecule has 1 unspecified atom stereocenters. The molecule has 3 rings (SSSR count). The van der Waals surface area contributed by atoms with Gasteiger partial charge in [0.1, 0.15) is 5.75 Å². The molecule has 0 bridgehead atoms. The van der Waals surface area contributed by atoms with Crippen LogP contribution in [0, 0.1) is 5.92 Å². The van der Waals surface area contributed by atoms with Crippen molar-refractivity contribution in [3.05, 3.63) is 65.7 Å². The number of aromatic hydroxyl groups is 1. The Labute approximate surface area is 118 Å². The molecule has 20 heavy (non-hydrogen) atoms. The minimum absolute atomic E-state index is 0.0209. The number of nitrogens with one attached hydrogen (secondary N) is 1. The van der Waals surface area contributed by atoms with Crippen molar-refractivity contribution in [3.63, 3.8) is 0 Å². The number of para-hydroxylation sites is 1. The van der Waals surface area contributed by atoms with E-state index in [1.54, 1.807) is 18.2 Å². The molecule has 1 fully saturated rings. The number of phenols is 1. The van der Waals surface area contributed by atoms with Gasteiger partial charge in [0.2, 0.25) is 0 Å². The summed E-state index contributed by atoms with van der Waals surface area (Å²) in [6, 6.07) is 16.7. The smallest absolute Gasteiger partial charge is 0.255 e. The fourth-order valence-electron chi connectivity index (χ4n) is 2.45. The Kier molecular flexibility index (Phi) is 3.42. The lowest BCUT2D eigenvalue weighted by molar-refractivity contribution is 0.0929. The Morgan fingerprint density at radius 1 is 1.05 bits per heavy atom. The van der Waals surface area contributed by atoms with Crippen LogP contribution in [0.25, 0.3) is 0 Å². The molecule has 1 amide bonds. The van der Waals surface area contributed by atoms with Crippen molar-refractivity contribution < 1.29 is 9.90 Å². The lowest BCUT2D eigenvalue weighted by Crippen LogP contribution is -2.29. The average molecular weight is 267 g/mol. The maximum atomic E-state index is 12.3. The molecule has 0 radical (unpaired) electrons. The number of carbonyl (C=O) groups is 1. The van der Waals surface area contributed by atoms with Crippen LogP contribution in [0.2, 0.25) is 0 Å². The molecule has 3 nitrogen and oxygen atoms in total. The van der Waals surface area contributed by atoms with E-state index < -0.39 is 0 Å². The molecule has 0 spiro atoms. The van der Waals surface area contributed by atoms with E-state index in [-0.39, 0.29) is 17.7 Å². The molecule has 1 saturated carbocycles. The highest BCUT2D eigenvalue weighted by Crippen LogP contribution is 2.41. The predicted octanol–water partition coefficient (Wildman–Crippen LogP) is 3.27. The summed E-state index contributed by atoms with van der Waals surface area (Å²) in [5.74, 6) is 0.309. The van der Waals surface area contributed by atoms with E-state index in [0.29, 0.717) is 11.5 Å². The SMILES string of the molecule is O=C(NC(c1ccccc1)C1CC1)c1ccccc1O. The molecule has 2 aromatic carbocycles. The second-order valence-electron chi connectivity index (χ2n) is 5.22. The predicted molar refractivity (Wildman–Crippen MR) is 77.5 cm³/mol. The van der Waals surface area contributed by atoms with Gasteiger partial charge in [0.25, 0.3) is 5.91 Å². The summed E-state index contributed by atoms with van der Waals surface area (Å²) in [5.41, 5.74) is 1.45. The highest BCUT2D eigenvalue weighted by atomic mass is 16.3. The first kappa shape index (κ1) is 12.7. The number of amides is 1. The van der Waals surface area contributed by atoms with E-state index in [1.165, 1.54) is 6.07 Å². The zero-order valence-electron chi connectivity index (χ0n) is 11.1. The van der Waals surface area contributed by atoms with Crippen LogP contribution in [0.3, 0.4) is 0 Å². The molecule has 0 heterocycles. The van der Waals surface area contributed by atoms with Gasteiger partial charge in [-0.3, -0.25) is 4.79 Å². The molecule has 1 aliphatic carbocycles. The quantitative estimate of drug-likeness (QED) is 0.893. The third-order valence-electron chi connectivity index (χ3n) is 3.69. The maximum absolute atomic E-state index is 12.3. The lowest BCUT2D eigenvalue weighted by atomic mass is 10.0. The molecule has 2 N–H and O–H groups in total. The molecule has 0 saturated heterocycles. The van der Waals surface area contributed by atoms with E-state index in [4.69, 9.17) is 0 Å². The highest BCUT2D eigenvalue weighted by Gasteiger charge is 2.33.